The number of aryl methyl sites for hydroxylation is 1. The molecule has 0 radical (unpaired) electrons. The van der Waals surface area contributed by atoms with E-state index in [4.69, 9.17) is 11.6 Å². The Bertz CT molecular complexity index is 1280. The van der Waals surface area contributed by atoms with Crippen molar-refractivity contribution in [2.75, 3.05) is 36.0 Å². The highest BCUT2D eigenvalue weighted by Crippen LogP contribution is 2.58. The molecule has 0 bridgehead atoms. The molecular formula is C24H23ClN6O2. The van der Waals surface area contributed by atoms with E-state index >= 15 is 0 Å². The van der Waals surface area contributed by atoms with E-state index in [1.165, 1.54) is 0 Å². The molecule has 9 heteroatoms. The lowest BCUT2D eigenvalue weighted by Gasteiger charge is -2.36. The summed E-state index contributed by atoms with van der Waals surface area (Å²) in [5, 5.41) is 4.75. The van der Waals surface area contributed by atoms with Gasteiger partial charge in [-0.3, -0.25) is 24.2 Å². The van der Waals surface area contributed by atoms with Crippen molar-refractivity contribution in [1.82, 2.24) is 19.7 Å². The van der Waals surface area contributed by atoms with Gasteiger partial charge in [0.05, 0.1) is 29.3 Å². The first-order chi connectivity index (χ1) is 16.0. The topological polar surface area (TPSA) is 74.6 Å². The summed E-state index contributed by atoms with van der Waals surface area (Å²) in [7, 11) is 1.78. The molecule has 3 aliphatic rings. The van der Waals surface area contributed by atoms with Gasteiger partial charge in [0.1, 0.15) is 5.69 Å². The molecule has 1 aromatic carbocycles. The van der Waals surface area contributed by atoms with Crippen LogP contribution in [0.15, 0.2) is 48.9 Å². The number of anilines is 2. The summed E-state index contributed by atoms with van der Waals surface area (Å²) >= 11 is 6.24. The molecule has 0 atom stereocenters. The SMILES string of the molecule is Cn1nccc1C(=O)N1CCN(c2cncc(N3C(=O)c4ccc(Cl)cc4C34CC4)c2)CC1. The number of piperazine rings is 1. The second-order valence-electron chi connectivity index (χ2n) is 8.88. The quantitative estimate of drug-likeness (QED) is 0.598. The summed E-state index contributed by atoms with van der Waals surface area (Å²) in [6.07, 6.45) is 7.07. The van der Waals surface area contributed by atoms with Crippen molar-refractivity contribution in [2.45, 2.75) is 18.4 Å². The number of fused-ring (bicyclic) bond motifs is 2. The van der Waals surface area contributed by atoms with E-state index in [-0.39, 0.29) is 17.4 Å². The number of halogens is 1. The van der Waals surface area contributed by atoms with Crippen molar-refractivity contribution in [3.63, 3.8) is 0 Å². The van der Waals surface area contributed by atoms with Crippen LogP contribution in [0.5, 0.6) is 0 Å². The minimum atomic E-state index is -0.300. The largest absolute Gasteiger partial charge is 0.367 e. The van der Waals surface area contributed by atoms with Crippen molar-refractivity contribution < 1.29 is 9.59 Å². The number of carbonyl (C=O) groups excluding carboxylic acids is 2. The summed E-state index contributed by atoms with van der Waals surface area (Å²) in [5.41, 5.74) is 3.80. The number of hydrogen-bond donors (Lipinski definition) is 0. The smallest absolute Gasteiger partial charge is 0.272 e. The molecule has 6 rings (SSSR count). The molecule has 0 N–H and O–H groups in total. The molecule has 168 valence electrons. The van der Waals surface area contributed by atoms with E-state index in [0.717, 1.165) is 35.3 Å². The maximum Gasteiger partial charge on any atom is 0.272 e. The van der Waals surface area contributed by atoms with Gasteiger partial charge in [0.25, 0.3) is 11.8 Å². The van der Waals surface area contributed by atoms with Crippen molar-refractivity contribution >= 4 is 34.8 Å². The summed E-state index contributed by atoms with van der Waals surface area (Å²) in [5.74, 6) is 0.000925. The van der Waals surface area contributed by atoms with Gasteiger partial charge in [0.2, 0.25) is 0 Å². The number of nitrogens with zero attached hydrogens (tertiary/aromatic N) is 6. The van der Waals surface area contributed by atoms with Crippen LogP contribution < -0.4 is 9.80 Å². The maximum absolute atomic E-state index is 13.3. The number of amides is 2. The first-order valence-electron chi connectivity index (χ1n) is 11.1. The second kappa shape index (κ2) is 7.31. The number of aromatic nitrogens is 3. The third-order valence-corrected chi connectivity index (χ3v) is 7.24. The Morgan fingerprint density at radius 1 is 1.03 bits per heavy atom. The van der Waals surface area contributed by atoms with Crippen molar-refractivity contribution in [2.24, 2.45) is 7.05 Å². The van der Waals surface area contributed by atoms with Crippen LogP contribution in [0.2, 0.25) is 5.02 Å². The molecule has 4 heterocycles. The summed E-state index contributed by atoms with van der Waals surface area (Å²) in [4.78, 5) is 36.5. The van der Waals surface area contributed by atoms with Gasteiger partial charge >= 0.3 is 0 Å². The van der Waals surface area contributed by atoms with Crippen LogP contribution in [0.1, 0.15) is 39.3 Å². The average Bonchev–Trinajstić information content (AvgIpc) is 3.44. The van der Waals surface area contributed by atoms with E-state index in [2.05, 4.69) is 15.0 Å². The van der Waals surface area contributed by atoms with Gasteiger partial charge in [-0.15, -0.1) is 0 Å². The normalized spacial score (nSPS) is 18.7. The van der Waals surface area contributed by atoms with Crippen LogP contribution in [-0.4, -0.2) is 57.7 Å². The lowest BCUT2D eigenvalue weighted by Crippen LogP contribution is -2.49. The van der Waals surface area contributed by atoms with Gasteiger partial charge in [-0.05, 0) is 48.7 Å². The fraction of sp³-hybridized carbons (Fsp3) is 0.333. The zero-order chi connectivity index (χ0) is 22.7. The number of benzene rings is 1. The van der Waals surface area contributed by atoms with Crippen molar-refractivity contribution in [3.8, 4) is 0 Å². The highest BCUT2D eigenvalue weighted by atomic mass is 35.5. The van der Waals surface area contributed by atoms with Crippen molar-refractivity contribution in [1.29, 1.82) is 0 Å². The zero-order valence-corrected chi connectivity index (χ0v) is 19.0. The molecular weight excluding hydrogens is 440 g/mol. The average molecular weight is 463 g/mol. The van der Waals surface area contributed by atoms with Gasteiger partial charge in [-0.25, -0.2) is 0 Å². The number of carbonyl (C=O) groups is 2. The minimum absolute atomic E-state index is 0.00344. The first-order valence-corrected chi connectivity index (χ1v) is 11.5. The van der Waals surface area contributed by atoms with E-state index in [0.29, 0.717) is 36.9 Å². The zero-order valence-electron chi connectivity index (χ0n) is 18.2. The predicted octanol–water partition coefficient (Wildman–Crippen LogP) is 3.08. The Labute approximate surface area is 196 Å². The molecule has 2 fully saturated rings. The van der Waals surface area contributed by atoms with Crippen LogP contribution >= 0.6 is 11.6 Å². The molecule has 2 amide bonds. The predicted molar refractivity (Wildman–Crippen MR) is 125 cm³/mol. The van der Waals surface area contributed by atoms with Crippen LogP contribution in [0.4, 0.5) is 11.4 Å². The highest BCUT2D eigenvalue weighted by Gasteiger charge is 2.58. The monoisotopic (exact) mass is 462 g/mol. The van der Waals surface area contributed by atoms with E-state index in [9.17, 15) is 9.59 Å². The van der Waals surface area contributed by atoms with Gasteiger partial charge in [-0.2, -0.15) is 5.10 Å². The Balaban J connectivity index is 1.22. The third-order valence-electron chi connectivity index (χ3n) is 7.01. The van der Waals surface area contributed by atoms with Crippen LogP contribution in [0.3, 0.4) is 0 Å². The Hall–Kier alpha value is -3.39. The first kappa shape index (κ1) is 20.2. The number of pyridine rings is 1. The fourth-order valence-corrected chi connectivity index (χ4v) is 5.30. The van der Waals surface area contributed by atoms with E-state index in [1.807, 2.05) is 34.2 Å². The van der Waals surface area contributed by atoms with Crippen LogP contribution in [0, 0.1) is 0 Å². The maximum atomic E-state index is 13.3. The molecule has 1 saturated carbocycles. The highest BCUT2D eigenvalue weighted by molar-refractivity contribution is 6.31. The second-order valence-corrected chi connectivity index (χ2v) is 9.32. The summed E-state index contributed by atoms with van der Waals surface area (Å²) in [6.45, 7) is 2.63. The molecule has 1 aliphatic carbocycles. The molecule has 3 aromatic rings. The van der Waals surface area contributed by atoms with Crippen molar-refractivity contribution in [3.05, 3.63) is 70.8 Å². The lowest BCUT2D eigenvalue weighted by atomic mass is 10.0. The van der Waals surface area contributed by atoms with Gasteiger partial charge in [0, 0.05) is 50.0 Å². The molecule has 33 heavy (non-hydrogen) atoms. The molecule has 0 unspecified atom stereocenters. The summed E-state index contributed by atoms with van der Waals surface area (Å²) in [6, 6.07) is 9.32. The molecule has 1 spiro atoms. The van der Waals surface area contributed by atoms with Crippen LogP contribution in [0.25, 0.3) is 0 Å². The lowest BCUT2D eigenvalue weighted by molar-refractivity contribution is 0.0735. The fourth-order valence-electron chi connectivity index (χ4n) is 5.12. The summed E-state index contributed by atoms with van der Waals surface area (Å²) < 4.78 is 1.61. The molecule has 2 aromatic heterocycles. The Morgan fingerprint density at radius 3 is 2.48 bits per heavy atom. The van der Waals surface area contributed by atoms with Crippen LogP contribution in [-0.2, 0) is 12.6 Å². The van der Waals surface area contributed by atoms with Gasteiger partial charge in [-0.1, -0.05) is 11.6 Å². The van der Waals surface area contributed by atoms with Gasteiger partial charge < -0.3 is 9.80 Å². The Morgan fingerprint density at radius 2 is 1.79 bits per heavy atom. The standard InChI is InChI=1S/C24H23ClN6O2/c1-28-21(4-7-27-28)23(33)30-10-8-29(9-11-30)17-13-18(15-26-14-17)31-22(32)19-3-2-16(25)12-20(19)24(31)5-6-24/h2-4,7,12-15H,5-6,8-11H2,1H3. The molecule has 1 saturated heterocycles. The van der Waals surface area contributed by atoms with Gasteiger partial charge in [0.15, 0.2) is 0 Å². The molecule has 2 aliphatic heterocycles. The Kier molecular flexibility index (Phi) is 4.48. The third kappa shape index (κ3) is 3.12. The minimum Gasteiger partial charge on any atom is -0.367 e. The number of hydrogen-bond acceptors (Lipinski definition) is 5. The molecule has 8 nitrogen and oxygen atoms in total. The van der Waals surface area contributed by atoms with E-state index < -0.39 is 0 Å². The number of rotatable bonds is 3. The van der Waals surface area contributed by atoms with E-state index in [1.54, 1.807) is 36.3 Å².